The van der Waals surface area contributed by atoms with E-state index < -0.39 is 0 Å². The van der Waals surface area contributed by atoms with Crippen LogP contribution in [0.15, 0.2) is 12.2 Å². The Balaban J connectivity index is 2.22. The number of nitrogens with zero attached hydrogens (tertiary/aromatic N) is 1. The fourth-order valence-electron chi connectivity index (χ4n) is 2.78. The second-order valence-electron chi connectivity index (χ2n) is 5.89. The Morgan fingerprint density at radius 3 is 1.72 bits per heavy atom. The van der Waals surface area contributed by atoms with Crippen molar-refractivity contribution in [2.24, 2.45) is 0 Å². The van der Waals surface area contributed by atoms with Gasteiger partial charge in [0, 0.05) is 0 Å². The summed E-state index contributed by atoms with van der Waals surface area (Å²) in [6, 6.07) is 0.744. The van der Waals surface area contributed by atoms with Crippen molar-refractivity contribution < 1.29 is 0 Å². The molecule has 0 radical (unpaired) electrons. The third kappa shape index (κ3) is 5.96. The molecule has 0 aliphatic heterocycles. The molecule has 0 saturated heterocycles. The third-order valence-corrected chi connectivity index (χ3v) is 4.17. The van der Waals surface area contributed by atoms with Gasteiger partial charge >= 0.3 is 124 Å². The van der Waals surface area contributed by atoms with Crippen molar-refractivity contribution in [1.82, 2.24) is 4.90 Å². The van der Waals surface area contributed by atoms with E-state index in [0.29, 0.717) is 0 Å². The van der Waals surface area contributed by atoms with Gasteiger partial charge in [-0.05, 0) is 0 Å². The van der Waals surface area contributed by atoms with E-state index in [1.807, 2.05) is 0 Å². The van der Waals surface area contributed by atoms with E-state index in [4.69, 9.17) is 0 Å². The van der Waals surface area contributed by atoms with Crippen LogP contribution in [0, 0.1) is 0 Å². The van der Waals surface area contributed by atoms with Crippen LogP contribution in [0.5, 0.6) is 0 Å². The minimum absolute atomic E-state index is 0.744. The standard InChI is InChI=1S/C16H30N.Li/c1-3-5-7-9-14-17(16-12-11-13-16)15-10-8-6-4-2;/h11-13,16H,3-10,14-15H2,1-2H3;. The van der Waals surface area contributed by atoms with Gasteiger partial charge in [-0.2, -0.15) is 0 Å². The van der Waals surface area contributed by atoms with Crippen LogP contribution < -0.4 is 0 Å². The van der Waals surface area contributed by atoms with E-state index in [0.717, 1.165) is 10.6 Å². The summed E-state index contributed by atoms with van der Waals surface area (Å²) in [6.45, 7) is 7.20. The first-order chi connectivity index (χ1) is 8.79. The van der Waals surface area contributed by atoms with E-state index in [1.165, 1.54) is 64.5 Å². The monoisotopic (exact) mass is 243 g/mol. The molecule has 0 aromatic carbocycles. The summed E-state index contributed by atoms with van der Waals surface area (Å²) < 4.78 is 0.780. The van der Waals surface area contributed by atoms with Crippen LogP contribution in [0.1, 0.15) is 65.2 Å². The van der Waals surface area contributed by atoms with Gasteiger partial charge < -0.3 is 0 Å². The summed E-state index contributed by atoms with van der Waals surface area (Å²) in [6.07, 6.45) is 15.9. The molecule has 0 aromatic rings. The third-order valence-electron chi connectivity index (χ3n) is 4.17. The molecule has 0 N–H and O–H groups in total. The molecule has 0 spiro atoms. The Kier molecular flexibility index (Phi) is 9.20. The average Bonchev–Trinajstić information content (AvgIpc) is 2.37. The van der Waals surface area contributed by atoms with Crippen LogP contribution in [0.3, 0.4) is 0 Å². The molecule has 1 aliphatic carbocycles. The molecule has 0 fully saturated rings. The Bertz CT molecular complexity index is 215. The molecule has 0 aromatic heterocycles. The van der Waals surface area contributed by atoms with Crippen molar-refractivity contribution in [2.45, 2.75) is 75.8 Å². The van der Waals surface area contributed by atoms with Crippen LogP contribution in [-0.2, 0) is 0 Å². The first-order valence-corrected chi connectivity index (χ1v) is 8.22. The van der Waals surface area contributed by atoms with Crippen LogP contribution in [0.4, 0.5) is 0 Å². The molecule has 2 atom stereocenters. The molecule has 1 nitrogen and oxygen atoms in total. The predicted molar refractivity (Wildman–Crippen MR) is 82.3 cm³/mol. The van der Waals surface area contributed by atoms with Crippen molar-refractivity contribution in [2.75, 3.05) is 13.1 Å². The zero-order chi connectivity index (χ0) is 13.2. The van der Waals surface area contributed by atoms with Gasteiger partial charge in [0.15, 0.2) is 0 Å². The Morgan fingerprint density at radius 2 is 1.39 bits per heavy atom. The van der Waals surface area contributed by atoms with Crippen molar-refractivity contribution in [1.29, 1.82) is 0 Å². The van der Waals surface area contributed by atoms with Crippen molar-refractivity contribution in [3.63, 3.8) is 0 Å². The summed E-state index contributed by atoms with van der Waals surface area (Å²) >= 11 is 2.36. The molecule has 0 heterocycles. The van der Waals surface area contributed by atoms with Crippen LogP contribution in [0.2, 0.25) is 4.59 Å². The molecule has 2 unspecified atom stereocenters. The molecule has 2 heteroatoms. The average molecular weight is 243 g/mol. The van der Waals surface area contributed by atoms with E-state index in [9.17, 15) is 0 Å². The fraction of sp³-hybridized carbons (Fsp3) is 0.875. The minimum atomic E-state index is 0.744. The number of rotatable bonds is 11. The molecule has 18 heavy (non-hydrogen) atoms. The molecule has 1 aliphatic rings. The van der Waals surface area contributed by atoms with Crippen molar-refractivity contribution in [3.05, 3.63) is 12.2 Å². The fourth-order valence-corrected chi connectivity index (χ4v) is 2.78. The molecule has 1 rings (SSSR count). The van der Waals surface area contributed by atoms with Gasteiger partial charge in [0.1, 0.15) is 0 Å². The second kappa shape index (κ2) is 10.1. The van der Waals surface area contributed by atoms with Crippen LogP contribution in [0.25, 0.3) is 0 Å². The molecule has 0 amide bonds. The van der Waals surface area contributed by atoms with E-state index in [-0.39, 0.29) is 0 Å². The van der Waals surface area contributed by atoms with E-state index in [1.54, 1.807) is 0 Å². The van der Waals surface area contributed by atoms with Gasteiger partial charge in [0.05, 0.1) is 0 Å². The Morgan fingerprint density at radius 1 is 0.833 bits per heavy atom. The van der Waals surface area contributed by atoms with Crippen molar-refractivity contribution in [3.8, 4) is 0 Å². The van der Waals surface area contributed by atoms with Crippen LogP contribution in [-0.4, -0.2) is 41.7 Å². The quantitative estimate of drug-likeness (QED) is 0.296. The predicted octanol–water partition coefficient (Wildman–Crippen LogP) is 4.34. The van der Waals surface area contributed by atoms with E-state index in [2.05, 4.69) is 48.6 Å². The summed E-state index contributed by atoms with van der Waals surface area (Å²) in [5.74, 6) is 0. The zero-order valence-corrected chi connectivity index (χ0v) is 12.8. The van der Waals surface area contributed by atoms with Crippen LogP contribution >= 0.6 is 0 Å². The second-order valence-corrected chi connectivity index (χ2v) is 5.89. The van der Waals surface area contributed by atoms with Gasteiger partial charge in [-0.15, -0.1) is 0 Å². The van der Waals surface area contributed by atoms with Gasteiger partial charge in [-0.1, -0.05) is 0 Å². The Labute approximate surface area is 124 Å². The normalized spacial score (nSPS) is 22.5. The zero-order valence-electron chi connectivity index (χ0n) is 12.8. The van der Waals surface area contributed by atoms with E-state index >= 15 is 0 Å². The molecule has 100 valence electrons. The topological polar surface area (TPSA) is 3.24 Å². The Hall–Kier alpha value is 0.297. The maximum atomic E-state index is 2.73. The maximum absolute atomic E-state index is 2.73. The van der Waals surface area contributed by atoms with Crippen molar-refractivity contribution >= 4 is 17.7 Å². The molecule has 0 saturated carbocycles. The molecular formula is C16H30LiN. The number of hydrogen-bond acceptors (Lipinski definition) is 1. The van der Waals surface area contributed by atoms with Gasteiger partial charge in [0.25, 0.3) is 0 Å². The number of unbranched alkanes of at least 4 members (excludes halogenated alkanes) is 6. The summed E-state index contributed by atoms with van der Waals surface area (Å²) in [5, 5.41) is 0. The van der Waals surface area contributed by atoms with Gasteiger partial charge in [-0.3, -0.25) is 0 Å². The van der Waals surface area contributed by atoms with Gasteiger partial charge in [-0.25, -0.2) is 0 Å². The summed E-state index contributed by atoms with van der Waals surface area (Å²) in [5.41, 5.74) is 0. The first kappa shape index (κ1) is 16.4. The number of hydrogen-bond donors (Lipinski definition) is 0. The summed E-state index contributed by atoms with van der Waals surface area (Å²) in [7, 11) is 0. The van der Waals surface area contributed by atoms with Gasteiger partial charge in [0.2, 0.25) is 0 Å². The SMILES string of the molecule is [Li][CH]1C=CC1N(CCCCCC)CCCCCC. The molecular weight excluding hydrogens is 213 g/mol. The first-order valence-electron chi connectivity index (χ1n) is 8.22. The summed E-state index contributed by atoms with van der Waals surface area (Å²) in [4.78, 5) is 2.73. The molecule has 0 bridgehead atoms.